The van der Waals surface area contributed by atoms with E-state index in [1.54, 1.807) is 11.8 Å². The van der Waals surface area contributed by atoms with E-state index in [0.29, 0.717) is 30.8 Å². The van der Waals surface area contributed by atoms with Gasteiger partial charge in [-0.3, -0.25) is 19.8 Å². The fourth-order valence-corrected chi connectivity index (χ4v) is 2.61. The molecule has 3 aliphatic heterocycles. The Balaban J connectivity index is 2.04. The maximum atomic E-state index is 11.6. The number of carbonyl (C=O) groups is 3. The normalized spacial score (nSPS) is 26.7. The van der Waals surface area contributed by atoms with Crippen LogP contribution in [0.15, 0.2) is 11.4 Å². The van der Waals surface area contributed by atoms with Crippen molar-refractivity contribution in [3.63, 3.8) is 0 Å². The Morgan fingerprint density at radius 1 is 1.50 bits per heavy atom. The third-order valence-corrected chi connectivity index (χ3v) is 3.29. The van der Waals surface area contributed by atoms with Gasteiger partial charge in [-0.25, -0.2) is 4.79 Å². The predicted molar refractivity (Wildman–Crippen MR) is 52.8 cm³/mol. The summed E-state index contributed by atoms with van der Waals surface area (Å²) >= 11 is 0. The molecular formula is C10H11N3O3. The van der Waals surface area contributed by atoms with Crippen molar-refractivity contribution in [2.75, 3.05) is 6.54 Å². The van der Waals surface area contributed by atoms with Crippen LogP contribution in [0.4, 0.5) is 4.79 Å². The molecule has 2 bridgehead atoms. The highest BCUT2D eigenvalue weighted by atomic mass is 16.2. The summed E-state index contributed by atoms with van der Waals surface area (Å²) in [7, 11) is 0. The largest absolute Gasteiger partial charge is 0.329 e. The van der Waals surface area contributed by atoms with Gasteiger partial charge in [-0.1, -0.05) is 6.92 Å². The van der Waals surface area contributed by atoms with Crippen molar-refractivity contribution in [1.29, 1.82) is 0 Å². The number of rotatable bonds is 1. The number of nitrogens with one attached hydrogen (secondary N) is 1. The highest BCUT2D eigenvalue weighted by molar-refractivity contribution is 6.13. The molecule has 16 heavy (non-hydrogen) atoms. The number of urea groups is 1. The summed E-state index contributed by atoms with van der Waals surface area (Å²) in [6.07, 6.45) is 1.04. The first-order valence-electron chi connectivity index (χ1n) is 5.31. The number of fused-ring (bicyclic) bond motifs is 4. The van der Waals surface area contributed by atoms with Crippen LogP contribution in [0.25, 0.3) is 0 Å². The summed E-state index contributed by atoms with van der Waals surface area (Å²) in [6, 6.07) is -0.407. The second-order valence-electron chi connectivity index (χ2n) is 4.14. The number of imide groups is 1. The quantitative estimate of drug-likeness (QED) is 0.622. The van der Waals surface area contributed by atoms with Gasteiger partial charge in [0.1, 0.15) is 5.70 Å². The van der Waals surface area contributed by atoms with Gasteiger partial charge in [-0.2, -0.15) is 0 Å². The highest BCUT2D eigenvalue weighted by Gasteiger charge is 2.52. The smallest absolute Gasteiger partial charge is 0.312 e. The molecule has 1 atom stereocenters. The molecule has 3 heterocycles. The number of hydrogen-bond acceptors (Lipinski definition) is 3. The zero-order valence-corrected chi connectivity index (χ0v) is 8.82. The molecule has 84 valence electrons. The number of carbonyl (C=O) groups excluding carboxylic acids is 3. The number of likely N-dealkylation sites (tertiary alicyclic amines) is 1. The third-order valence-electron chi connectivity index (χ3n) is 3.29. The molecule has 0 aromatic rings. The Morgan fingerprint density at radius 2 is 2.25 bits per heavy atom. The van der Waals surface area contributed by atoms with Gasteiger partial charge in [0.2, 0.25) is 5.91 Å². The summed E-state index contributed by atoms with van der Waals surface area (Å²) in [5, 5.41) is 2.25. The van der Waals surface area contributed by atoms with Crippen molar-refractivity contribution >= 4 is 17.8 Å². The Bertz CT molecular complexity index is 454. The average molecular weight is 221 g/mol. The molecule has 1 unspecified atom stereocenters. The van der Waals surface area contributed by atoms with Gasteiger partial charge in [0.15, 0.2) is 0 Å². The molecule has 3 aliphatic rings. The summed E-state index contributed by atoms with van der Waals surface area (Å²) in [6.45, 7) is 2.31. The summed E-state index contributed by atoms with van der Waals surface area (Å²) < 4.78 is 0. The van der Waals surface area contributed by atoms with Crippen LogP contribution in [-0.4, -0.2) is 40.2 Å². The minimum absolute atomic E-state index is 0.0109. The molecule has 0 aromatic carbocycles. The SMILES string of the molecule is CCC(=O)N1CC2CC1=C1C(=O)NC(=O)N12. The standard InChI is InChI=1S/C10H11N3O3/c1-2-7(14)12-4-5-3-6(12)8-9(15)11-10(16)13(5)8/h5H,2-4H2,1H3,(H,11,15,16). The number of nitrogens with zero attached hydrogens (tertiary/aromatic N) is 2. The van der Waals surface area contributed by atoms with Gasteiger partial charge in [-0.05, 0) is 0 Å². The summed E-state index contributed by atoms with van der Waals surface area (Å²) in [4.78, 5) is 37.8. The second-order valence-corrected chi connectivity index (χ2v) is 4.14. The van der Waals surface area contributed by atoms with E-state index < -0.39 is 0 Å². The Kier molecular flexibility index (Phi) is 1.66. The first-order chi connectivity index (χ1) is 7.63. The first-order valence-corrected chi connectivity index (χ1v) is 5.31. The van der Waals surface area contributed by atoms with Crippen molar-refractivity contribution in [1.82, 2.24) is 15.1 Å². The third kappa shape index (κ3) is 0.937. The minimum Gasteiger partial charge on any atom is -0.312 e. The monoisotopic (exact) mass is 221 g/mol. The minimum atomic E-state index is -0.379. The Labute approximate surface area is 91.9 Å². The van der Waals surface area contributed by atoms with Crippen molar-refractivity contribution in [2.24, 2.45) is 0 Å². The van der Waals surface area contributed by atoms with Crippen LogP contribution < -0.4 is 5.32 Å². The fraction of sp³-hybridized carbons (Fsp3) is 0.500. The molecule has 3 rings (SSSR count). The maximum absolute atomic E-state index is 11.6. The van der Waals surface area contributed by atoms with E-state index in [2.05, 4.69) is 5.32 Å². The van der Waals surface area contributed by atoms with Gasteiger partial charge in [0.05, 0.1) is 11.7 Å². The van der Waals surface area contributed by atoms with Crippen LogP contribution in [-0.2, 0) is 9.59 Å². The van der Waals surface area contributed by atoms with Crippen LogP contribution >= 0.6 is 0 Å². The molecule has 2 saturated heterocycles. The van der Waals surface area contributed by atoms with Crippen molar-refractivity contribution in [2.45, 2.75) is 25.8 Å². The van der Waals surface area contributed by atoms with E-state index in [-0.39, 0.29) is 23.9 Å². The van der Waals surface area contributed by atoms with E-state index in [1.807, 2.05) is 0 Å². The maximum Gasteiger partial charge on any atom is 0.329 e. The van der Waals surface area contributed by atoms with Crippen LogP contribution in [0, 0.1) is 0 Å². The topological polar surface area (TPSA) is 69.7 Å². The van der Waals surface area contributed by atoms with Gasteiger partial charge in [0, 0.05) is 19.4 Å². The molecule has 0 aromatic heterocycles. The predicted octanol–water partition coefficient (Wildman–Crippen LogP) is -0.226. The van der Waals surface area contributed by atoms with Crippen LogP contribution in [0.3, 0.4) is 0 Å². The molecule has 6 heteroatoms. The van der Waals surface area contributed by atoms with E-state index >= 15 is 0 Å². The van der Waals surface area contributed by atoms with Crippen molar-refractivity contribution in [3.05, 3.63) is 11.4 Å². The molecule has 0 spiro atoms. The number of amides is 4. The first kappa shape index (κ1) is 9.38. The van der Waals surface area contributed by atoms with E-state index in [9.17, 15) is 14.4 Å². The van der Waals surface area contributed by atoms with Crippen LogP contribution in [0.2, 0.25) is 0 Å². The van der Waals surface area contributed by atoms with Crippen molar-refractivity contribution in [3.8, 4) is 0 Å². The lowest BCUT2D eigenvalue weighted by Gasteiger charge is -2.27. The van der Waals surface area contributed by atoms with E-state index in [1.165, 1.54) is 4.90 Å². The van der Waals surface area contributed by atoms with Gasteiger partial charge < -0.3 is 4.90 Å². The van der Waals surface area contributed by atoms with Crippen molar-refractivity contribution < 1.29 is 14.4 Å². The highest BCUT2D eigenvalue weighted by Crippen LogP contribution is 2.40. The lowest BCUT2D eigenvalue weighted by atomic mass is 10.3. The van der Waals surface area contributed by atoms with Crippen LogP contribution in [0.5, 0.6) is 0 Å². The Hall–Kier alpha value is -1.85. The summed E-state index contributed by atoms with van der Waals surface area (Å²) in [5.41, 5.74) is 1.09. The lowest BCUT2D eigenvalue weighted by Crippen LogP contribution is -2.42. The van der Waals surface area contributed by atoms with E-state index in [4.69, 9.17) is 0 Å². The Morgan fingerprint density at radius 3 is 2.94 bits per heavy atom. The lowest BCUT2D eigenvalue weighted by molar-refractivity contribution is -0.128. The molecule has 2 fully saturated rings. The van der Waals surface area contributed by atoms with E-state index in [0.717, 1.165) is 0 Å². The molecular weight excluding hydrogens is 210 g/mol. The fourth-order valence-electron chi connectivity index (χ4n) is 2.61. The molecule has 4 amide bonds. The average Bonchev–Trinajstić information content (AvgIpc) is 2.90. The van der Waals surface area contributed by atoms with Gasteiger partial charge >= 0.3 is 6.03 Å². The zero-order valence-electron chi connectivity index (χ0n) is 8.82. The molecule has 1 N–H and O–H groups in total. The molecule has 0 saturated carbocycles. The van der Waals surface area contributed by atoms with Gasteiger partial charge in [-0.15, -0.1) is 0 Å². The molecule has 6 nitrogen and oxygen atoms in total. The molecule has 0 radical (unpaired) electrons. The van der Waals surface area contributed by atoms with Gasteiger partial charge in [0.25, 0.3) is 5.91 Å². The number of hydrogen-bond donors (Lipinski definition) is 1. The zero-order chi connectivity index (χ0) is 11.4. The summed E-state index contributed by atoms with van der Waals surface area (Å²) in [5.74, 6) is -0.368. The van der Waals surface area contributed by atoms with Crippen LogP contribution in [0.1, 0.15) is 19.8 Å². The second kappa shape index (κ2) is 2.84. The molecule has 0 aliphatic carbocycles.